The van der Waals surface area contributed by atoms with E-state index in [-0.39, 0.29) is 12.0 Å². The summed E-state index contributed by atoms with van der Waals surface area (Å²) in [7, 11) is 6.49. The number of para-hydroxylation sites is 2. The molecule has 1 heterocycles. The summed E-state index contributed by atoms with van der Waals surface area (Å²) in [4.78, 5) is 12.9. The molecule has 1 aliphatic heterocycles. The van der Waals surface area contributed by atoms with Crippen LogP contribution in [0.1, 0.15) is 27.2 Å². The van der Waals surface area contributed by atoms with Crippen LogP contribution in [0, 0.1) is 5.92 Å². The monoisotopic (exact) mass is 381 g/mol. The number of carbonyl (C=O) groups is 1. The van der Waals surface area contributed by atoms with Crippen molar-refractivity contribution in [3.63, 3.8) is 0 Å². The van der Waals surface area contributed by atoms with Gasteiger partial charge in [0.2, 0.25) is 5.79 Å². The van der Waals surface area contributed by atoms with Gasteiger partial charge in [-0.25, -0.2) is 0 Å². The minimum Gasteiger partial charge on any atom is -0.493 e. The molecule has 27 heavy (non-hydrogen) atoms. The number of methoxy groups -OCH3 is 3. The number of likely N-dealkylation sites (N-methyl/N-ethyl adjacent to an activating group) is 1. The van der Waals surface area contributed by atoms with Crippen LogP contribution in [0.5, 0.6) is 11.5 Å². The molecule has 154 valence electrons. The highest BCUT2D eigenvalue weighted by molar-refractivity contribution is 5.61. The van der Waals surface area contributed by atoms with E-state index in [9.17, 15) is 9.90 Å². The molecule has 6 heteroatoms. The van der Waals surface area contributed by atoms with Crippen LogP contribution in [-0.2, 0) is 9.53 Å². The molecule has 1 N–H and O–H groups in total. The third-order valence-electron chi connectivity index (χ3n) is 4.34. The van der Waals surface area contributed by atoms with E-state index >= 15 is 0 Å². The maximum Gasteiger partial charge on any atom is 0.239 e. The zero-order valence-electron chi connectivity index (χ0n) is 17.6. The van der Waals surface area contributed by atoms with E-state index in [4.69, 9.17) is 14.2 Å². The van der Waals surface area contributed by atoms with Crippen molar-refractivity contribution in [2.45, 2.75) is 39.0 Å². The molecule has 6 nitrogen and oxygen atoms in total. The number of aldehydes is 1. The van der Waals surface area contributed by atoms with E-state index in [1.165, 1.54) is 7.11 Å². The highest BCUT2D eigenvalue weighted by atomic mass is 16.6. The van der Waals surface area contributed by atoms with Crippen LogP contribution in [0.3, 0.4) is 0 Å². The number of allylic oxidation sites excluding steroid dienone is 1. The second kappa shape index (κ2) is 13.3. The number of aliphatic hydroxyl groups is 1. The van der Waals surface area contributed by atoms with Gasteiger partial charge < -0.3 is 19.3 Å². The largest absolute Gasteiger partial charge is 0.493 e. The number of carbonyl (C=O) groups excluding carboxylic acids is 1. The van der Waals surface area contributed by atoms with Gasteiger partial charge in [-0.2, -0.15) is 0 Å². The minimum atomic E-state index is -1.70. The molecule has 0 saturated carbocycles. The van der Waals surface area contributed by atoms with Crippen LogP contribution in [-0.4, -0.2) is 63.0 Å². The fourth-order valence-electron chi connectivity index (χ4n) is 3.07. The summed E-state index contributed by atoms with van der Waals surface area (Å²) in [6, 6.07) is 7.23. The van der Waals surface area contributed by atoms with E-state index in [1.54, 1.807) is 14.2 Å². The molecule has 0 radical (unpaired) electrons. The SMILES string of the molecule is C/C=C\C1CCN(C)C1C(O)(C=O)OC.CC.COc1ccccc1OC. The Balaban J connectivity index is 0.000000488. The summed E-state index contributed by atoms with van der Waals surface area (Å²) < 4.78 is 15.0. The molecular weight excluding hydrogens is 346 g/mol. The molecule has 1 saturated heterocycles. The van der Waals surface area contributed by atoms with Crippen molar-refractivity contribution < 1.29 is 24.1 Å². The maximum atomic E-state index is 10.9. The molecule has 1 aliphatic rings. The molecule has 1 aromatic rings. The summed E-state index contributed by atoms with van der Waals surface area (Å²) in [5.41, 5.74) is 0. The number of nitrogens with zero attached hydrogens (tertiary/aromatic N) is 1. The highest BCUT2D eigenvalue weighted by Gasteiger charge is 2.46. The zero-order chi connectivity index (χ0) is 20.9. The van der Waals surface area contributed by atoms with Crippen LogP contribution in [0.4, 0.5) is 0 Å². The lowest BCUT2D eigenvalue weighted by Gasteiger charge is -2.34. The van der Waals surface area contributed by atoms with Crippen LogP contribution in [0.2, 0.25) is 0 Å². The number of benzene rings is 1. The van der Waals surface area contributed by atoms with Gasteiger partial charge in [-0.1, -0.05) is 38.1 Å². The average molecular weight is 382 g/mol. The van der Waals surface area contributed by atoms with Gasteiger partial charge >= 0.3 is 0 Å². The van der Waals surface area contributed by atoms with Crippen molar-refractivity contribution in [3.8, 4) is 11.5 Å². The summed E-state index contributed by atoms with van der Waals surface area (Å²) in [5, 5.41) is 10.0. The average Bonchev–Trinajstić information content (AvgIpc) is 3.10. The molecular formula is C21H35NO5. The smallest absolute Gasteiger partial charge is 0.239 e. The fraction of sp³-hybridized carbons (Fsp3) is 0.571. The number of rotatable bonds is 6. The van der Waals surface area contributed by atoms with E-state index in [2.05, 4.69) is 0 Å². The molecule has 0 spiro atoms. The van der Waals surface area contributed by atoms with Gasteiger partial charge in [0.25, 0.3) is 0 Å². The Morgan fingerprint density at radius 2 is 1.67 bits per heavy atom. The third kappa shape index (κ3) is 6.97. The first-order valence-electron chi connectivity index (χ1n) is 9.21. The quantitative estimate of drug-likeness (QED) is 0.464. The lowest BCUT2D eigenvalue weighted by Crippen LogP contribution is -2.53. The van der Waals surface area contributed by atoms with E-state index in [0.717, 1.165) is 24.5 Å². The predicted octanol–water partition coefficient (Wildman–Crippen LogP) is 3.15. The maximum absolute atomic E-state index is 10.9. The van der Waals surface area contributed by atoms with E-state index < -0.39 is 5.79 Å². The van der Waals surface area contributed by atoms with E-state index in [1.807, 2.05) is 69.1 Å². The molecule has 1 aromatic carbocycles. The lowest BCUT2D eigenvalue weighted by molar-refractivity contribution is -0.207. The van der Waals surface area contributed by atoms with Crippen LogP contribution < -0.4 is 9.47 Å². The van der Waals surface area contributed by atoms with Crippen LogP contribution in [0.15, 0.2) is 36.4 Å². The summed E-state index contributed by atoms with van der Waals surface area (Å²) in [6.07, 6.45) is 5.38. The molecule has 0 amide bonds. The van der Waals surface area contributed by atoms with Gasteiger partial charge in [-0.3, -0.25) is 9.69 Å². The second-order valence-electron chi connectivity index (χ2n) is 5.83. The number of ether oxygens (including phenoxy) is 3. The van der Waals surface area contributed by atoms with Gasteiger partial charge in [0.05, 0.1) is 20.3 Å². The molecule has 3 unspecified atom stereocenters. The molecule has 1 fully saturated rings. The van der Waals surface area contributed by atoms with Crippen LogP contribution in [0.25, 0.3) is 0 Å². The van der Waals surface area contributed by atoms with E-state index in [0.29, 0.717) is 6.29 Å². The Bertz CT molecular complexity index is 540. The fourth-order valence-corrected chi connectivity index (χ4v) is 3.07. The van der Waals surface area contributed by atoms with Gasteiger partial charge in [0.1, 0.15) is 0 Å². The van der Waals surface area contributed by atoms with Gasteiger partial charge in [0, 0.05) is 7.11 Å². The Morgan fingerprint density at radius 3 is 2.04 bits per heavy atom. The normalized spacial score (nSPS) is 21.3. The van der Waals surface area contributed by atoms with Gasteiger partial charge in [-0.05, 0) is 45.0 Å². The highest BCUT2D eigenvalue weighted by Crippen LogP contribution is 2.31. The Hall–Kier alpha value is -1.89. The molecule has 0 bridgehead atoms. The molecule has 0 aromatic heterocycles. The first kappa shape index (κ1) is 25.1. The van der Waals surface area contributed by atoms with Gasteiger partial charge in [0.15, 0.2) is 17.8 Å². The van der Waals surface area contributed by atoms with Crippen molar-refractivity contribution in [2.24, 2.45) is 5.92 Å². The van der Waals surface area contributed by atoms with Crippen LogP contribution >= 0.6 is 0 Å². The molecule has 0 aliphatic carbocycles. The first-order valence-corrected chi connectivity index (χ1v) is 9.21. The van der Waals surface area contributed by atoms with Crippen molar-refractivity contribution in [1.29, 1.82) is 0 Å². The summed E-state index contributed by atoms with van der Waals surface area (Å²) >= 11 is 0. The third-order valence-corrected chi connectivity index (χ3v) is 4.34. The Labute approximate surface area is 163 Å². The van der Waals surface area contributed by atoms with Crippen molar-refractivity contribution in [2.75, 3.05) is 34.9 Å². The molecule has 3 atom stereocenters. The summed E-state index contributed by atoms with van der Waals surface area (Å²) in [6.45, 7) is 6.79. The minimum absolute atomic E-state index is 0.162. The van der Waals surface area contributed by atoms with Crippen molar-refractivity contribution in [1.82, 2.24) is 4.90 Å². The standard InChI is InChI=1S/C11H19NO3.C8H10O2.C2H6/c1-4-5-9-6-7-12(2)10(9)11(14,8-13)15-3;1-9-7-5-3-4-6-8(7)10-2;1-2/h4-5,8-10,14H,6-7H2,1-3H3;3-6H,1-2H3;1-2H3/b5-4-;;. The number of hydrogen-bond donors (Lipinski definition) is 1. The van der Waals surface area contributed by atoms with Gasteiger partial charge in [-0.15, -0.1) is 0 Å². The predicted molar refractivity (Wildman–Crippen MR) is 108 cm³/mol. The second-order valence-corrected chi connectivity index (χ2v) is 5.83. The Kier molecular flexibility index (Phi) is 12.4. The molecule has 2 rings (SSSR count). The first-order chi connectivity index (χ1) is 13.0. The lowest BCUT2D eigenvalue weighted by atomic mass is 9.93. The number of likely N-dealkylation sites (tertiary alicyclic amines) is 1. The number of hydrogen-bond acceptors (Lipinski definition) is 6. The Morgan fingerprint density at radius 1 is 1.15 bits per heavy atom. The van der Waals surface area contributed by atoms with Crippen molar-refractivity contribution >= 4 is 6.29 Å². The topological polar surface area (TPSA) is 68.2 Å². The summed E-state index contributed by atoms with van der Waals surface area (Å²) in [5.74, 6) is 0.000231. The van der Waals surface area contributed by atoms with Crippen molar-refractivity contribution in [3.05, 3.63) is 36.4 Å². The zero-order valence-corrected chi connectivity index (χ0v) is 17.6.